The molecule has 7 heteroatoms. The van der Waals surface area contributed by atoms with E-state index in [0.717, 1.165) is 6.07 Å². The second-order valence-corrected chi connectivity index (χ2v) is 7.71. The Hall–Kier alpha value is -2.86. The fourth-order valence-corrected chi connectivity index (χ4v) is 2.98. The number of halogens is 2. The summed E-state index contributed by atoms with van der Waals surface area (Å²) in [6.07, 6.45) is 1.26. The molecule has 0 unspecified atom stereocenters. The number of benzene rings is 2. The number of phenolic OH excluding ortho intramolecular Hbond substituents is 1. The highest BCUT2D eigenvalue weighted by Crippen LogP contribution is 2.34. The van der Waals surface area contributed by atoms with Crippen LogP contribution in [0.4, 0.5) is 10.1 Å². The molecule has 3 N–H and O–H groups in total. The van der Waals surface area contributed by atoms with Gasteiger partial charge in [-0.2, -0.15) is 0 Å². The lowest BCUT2D eigenvalue weighted by Gasteiger charge is -2.21. The number of carbonyl (C=O) groups is 1. The van der Waals surface area contributed by atoms with Gasteiger partial charge in [-0.15, -0.1) is 0 Å². The average Bonchev–Trinajstić information content (AvgIpc) is 2.57. The largest absolute Gasteiger partial charge is 0.508 e. The monoisotopic (exact) mass is 388 g/mol. The molecule has 0 saturated carbocycles. The zero-order valence-electron chi connectivity index (χ0n) is 15.0. The molecule has 0 saturated heterocycles. The second kappa shape index (κ2) is 6.70. The highest BCUT2D eigenvalue weighted by molar-refractivity contribution is 6.31. The minimum Gasteiger partial charge on any atom is -0.508 e. The molecule has 1 aromatic heterocycles. The van der Waals surface area contributed by atoms with Gasteiger partial charge in [0.05, 0.1) is 5.69 Å². The number of H-pyrrole nitrogens is 1. The molecule has 0 atom stereocenters. The van der Waals surface area contributed by atoms with Crippen LogP contribution in [-0.2, 0) is 5.41 Å². The van der Waals surface area contributed by atoms with Gasteiger partial charge in [0.2, 0.25) is 5.43 Å². The van der Waals surface area contributed by atoms with Crippen LogP contribution in [0.15, 0.2) is 41.3 Å². The van der Waals surface area contributed by atoms with Crippen LogP contribution < -0.4 is 10.7 Å². The van der Waals surface area contributed by atoms with Crippen molar-refractivity contribution in [3.05, 3.63) is 68.7 Å². The summed E-state index contributed by atoms with van der Waals surface area (Å²) >= 11 is 5.91. The molecular weight excluding hydrogens is 371 g/mol. The Morgan fingerprint density at radius 2 is 1.93 bits per heavy atom. The standard InChI is InChI=1S/C20H18ClFN2O3/c1-20(2,3)13-7-14(22)16(8-17(13)25)24-19(27)12-9-23-15-5-4-10(21)6-11(15)18(12)26/h4-9,25H,1-3H3,(H,23,26)(H,24,27). The summed E-state index contributed by atoms with van der Waals surface area (Å²) in [7, 11) is 0. The van der Waals surface area contributed by atoms with E-state index in [1.807, 2.05) is 20.8 Å². The van der Waals surface area contributed by atoms with Crippen LogP contribution in [0.1, 0.15) is 36.7 Å². The summed E-state index contributed by atoms with van der Waals surface area (Å²) in [5.74, 6) is -1.63. The lowest BCUT2D eigenvalue weighted by Crippen LogP contribution is -2.22. The first-order chi connectivity index (χ1) is 12.6. The lowest BCUT2D eigenvalue weighted by atomic mass is 9.86. The van der Waals surface area contributed by atoms with Crippen molar-refractivity contribution in [3.63, 3.8) is 0 Å². The van der Waals surface area contributed by atoms with Gasteiger partial charge in [0, 0.05) is 33.8 Å². The SMILES string of the molecule is CC(C)(C)c1cc(F)c(NC(=O)c2c[nH]c3ccc(Cl)cc3c2=O)cc1O. The fourth-order valence-electron chi connectivity index (χ4n) is 2.81. The van der Waals surface area contributed by atoms with Crippen molar-refractivity contribution in [1.29, 1.82) is 0 Å². The number of nitrogens with one attached hydrogen (secondary N) is 2. The summed E-state index contributed by atoms with van der Waals surface area (Å²) in [6.45, 7) is 5.50. The van der Waals surface area contributed by atoms with E-state index in [1.54, 1.807) is 12.1 Å². The van der Waals surface area contributed by atoms with Crippen molar-refractivity contribution in [2.75, 3.05) is 5.32 Å². The van der Waals surface area contributed by atoms with E-state index in [1.165, 1.54) is 18.3 Å². The number of fused-ring (bicyclic) bond motifs is 1. The number of amides is 1. The van der Waals surface area contributed by atoms with Crippen LogP contribution in [0, 0.1) is 5.82 Å². The van der Waals surface area contributed by atoms with Crippen molar-refractivity contribution in [2.45, 2.75) is 26.2 Å². The van der Waals surface area contributed by atoms with Crippen molar-refractivity contribution < 1.29 is 14.3 Å². The summed E-state index contributed by atoms with van der Waals surface area (Å²) in [4.78, 5) is 27.9. The molecule has 0 radical (unpaired) electrons. The van der Waals surface area contributed by atoms with E-state index in [9.17, 15) is 19.1 Å². The number of hydrogen-bond acceptors (Lipinski definition) is 3. The Morgan fingerprint density at radius 3 is 2.59 bits per heavy atom. The normalized spacial score (nSPS) is 11.6. The Morgan fingerprint density at radius 1 is 1.22 bits per heavy atom. The molecule has 1 heterocycles. The highest BCUT2D eigenvalue weighted by Gasteiger charge is 2.22. The third-order valence-electron chi connectivity index (χ3n) is 4.23. The number of rotatable bonds is 2. The van der Waals surface area contributed by atoms with Gasteiger partial charge in [-0.3, -0.25) is 9.59 Å². The molecule has 1 amide bonds. The van der Waals surface area contributed by atoms with Gasteiger partial charge >= 0.3 is 0 Å². The first kappa shape index (κ1) is 18.9. The maximum Gasteiger partial charge on any atom is 0.261 e. The first-order valence-electron chi connectivity index (χ1n) is 8.23. The van der Waals surface area contributed by atoms with Crippen molar-refractivity contribution in [1.82, 2.24) is 4.98 Å². The van der Waals surface area contributed by atoms with Gasteiger partial charge in [0.1, 0.15) is 17.1 Å². The molecule has 0 spiro atoms. The molecule has 140 valence electrons. The van der Waals surface area contributed by atoms with Gasteiger partial charge in [0.25, 0.3) is 5.91 Å². The Bertz CT molecular complexity index is 1120. The van der Waals surface area contributed by atoms with Crippen LogP contribution >= 0.6 is 11.6 Å². The molecule has 0 aliphatic heterocycles. The van der Waals surface area contributed by atoms with Gasteiger partial charge in [0.15, 0.2) is 0 Å². The summed E-state index contributed by atoms with van der Waals surface area (Å²) in [5.41, 5.74) is -0.461. The third-order valence-corrected chi connectivity index (χ3v) is 4.46. The van der Waals surface area contributed by atoms with Crippen molar-refractivity contribution >= 4 is 34.1 Å². The maximum absolute atomic E-state index is 14.4. The average molecular weight is 389 g/mol. The summed E-state index contributed by atoms with van der Waals surface area (Å²) in [6, 6.07) is 7.02. The molecule has 3 rings (SSSR count). The third kappa shape index (κ3) is 3.66. The molecule has 3 aromatic rings. The number of aromatic nitrogens is 1. The van der Waals surface area contributed by atoms with Gasteiger partial charge in [-0.1, -0.05) is 32.4 Å². The van der Waals surface area contributed by atoms with Crippen LogP contribution in [-0.4, -0.2) is 16.0 Å². The van der Waals surface area contributed by atoms with E-state index >= 15 is 0 Å². The van der Waals surface area contributed by atoms with E-state index in [0.29, 0.717) is 16.1 Å². The van der Waals surface area contributed by atoms with E-state index in [2.05, 4.69) is 10.3 Å². The molecule has 0 aliphatic carbocycles. The van der Waals surface area contributed by atoms with E-state index in [4.69, 9.17) is 11.6 Å². The van der Waals surface area contributed by atoms with Crippen LogP contribution in [0.3, 0.4) is 0 Å². The topological polar surface area (TPSA) is 82.2 Å². The molecular formula is C20H18ClFN2O3. The molecule has 5 nitrogen and oxygen atoms in total. The van der Waals surface area contributed by atoms with Gasteiger partial charge in [-0.25, -0.2) is 4.39 Å². The zero-order chi connectivity index (χ0) is 19.9. The van der Waals surface area contributed by atoms with Gasteiger partial charge in [-0.05, 0) is 29.7 Å². The molecule has 0 bridgehead atoms. The Balaban J connectivity index is 1.99. The van der Waals surface area contributed by atoms with Crippen LogP contribution in [0.5, 0.6) is 5.75 Å². The summed E-state index contributed by atoms with van der Waals surface area (Å²) in [5, 5.41) is 13.1. The quantitative estimate of drug-likeness (QED) is 0.601. The number of phenols is 1. The van der Waals surface area contributed by atoms with Crippen LogP contribution in [0.25, 0.3) is 10.9 Å². The number of anilines is 1. The van der Waals surface area contributed by atoms with Crippen LogP contribution in [0.2, 0.25) is 5.02 Å². The van der Waals surface area contributed by atoms with Gasteiger partial charge < -0.3 is 15.4 Å². The van der Waals surface area contributed by atoms with Crippen molar-refractivity contribution in [2.24, 2.45) is 0 Å². The summed E-state index contributed by atoms with van der Waals surface area (Å²) < 4.78 is 14.4. The molecule has 0 fully saturated rings. The Labute approximate surface area is 159 Å². The van der Waals surface area contributed by atoms with E-state index in [-0.39, 0.29) is 22.4 Å². The molecule has 0 aliphatic rings. The lowest BCUT2D eigenvalue weighted by molar-refractivity contribution is 0.102. The predicted octanol–water partition coefficient (Wildman–Crippen LogP) is 4.58. The van der Waals surface area contributed by atoms with E-state index < -0.39 is 22.6 Å². The minimum absolute atomic E-state index is 0.140. The second-order valence-electron chi connectivity index (χ2n) is 7.27. The first-order valence-corrected chi connectivity index (χ1v) is 8.61. The highest BCUT2D eigenvalue weighted by atomic mass is 35.5. The molecule has 27 heavy (non-hydrogen) atoms. The number of hydrogen-bond donors (Lipinski definition) is 3. The Kier molecular flexibility index (Phi) is 4.70. The number of aromatic amines is 1. The smallest absolute Gasteiger partial charge is 0.261 e. The number of aromatic hydroxyl groups is 1. The minimum atomic E-state index is -0.792. The fraction of sp³-hybridized carbons (Fsp3) is 0.200. The maximum atomic E-state index is 14.4. The molecule has 2 aromatic carbocycles. The predicted molar refractivity (Wildman–Crippen MR) is 104 cm³/mol. The zero-order valence-corrected chi connectivity index (χ0v) is 15.7. The number of carbonyl (C=O) groups excluding carboxylic acids is 1. The van der Waals surface area contributed by atoms with Crippen molar-refractivity contribution in [3.8, 4) is 5.75 Å². The number of pyridine rings is 1.